The minimum atomic E-state index is -5.40. The number of nitrogens with zero attached hydrogens (tertiary/aromatic N) is 3. The molecule has 8 nitrogen and oxygen atoms in total. The van der Waals surface area contributed by atoms with E-state index in [1.165, 1.54) is 29.5 Å². The minimum absolute atomic E-state index is 0.00386. The number of anilines is 2. The van der Waals surface area contributed by atoms with Gasteiger partial charge in [-0.25, -0.2) is 13.4 Å². The number of thiazole rings is 1. The van der Waals surface area contributed by atoms with Crippen molar-refractivity contribution < 1.29 is 44.3 Å². The van der Waals surface area contributed by atoms with Gasteiger partial charge in [0.25, 0.3) is 9.84 Å². The van der Waals surface area contributed by atoms with Crippen molar-refractivity contribution in [3.05, 3.63) is 48.0 Å². The molecular weight excluding hydrogens is 622 g/mol. The topological polar surface area (TPSA) is 91.8 Å². The fourth-order valence-electron chi connectivity index (χ4n) is 5.24. The highest BCUT2D eigenvalue weighted by Gasteiger charge is 2.46. The van der Waals surface area contributed by atoms with E-state index in [-0.39, 0.29) is 12.1 Å². The molecule has 1 saturated heterocycles. The summed E-state index contributed by atoms with van der Waals surface area (Å²) < 4.78 is 107. The first-order valence-electron chi connectivity index (χ1n) is 13.5. The second-order valence-corrected chi connectivity index (χ2v) is 13.4. The molecule has 1 unspecified atom stereocenters. The molecule has 3 aromatic rings. The van der Waals surface area contributed by atoms with E-state index in [1.54, 1.807) is 0 Å². The maximum absolute atomic E-state index is 13.1. The van der Waals surface area contributed by atoms with Crippen LogP contribution >= 0.6 is 11.3 Å². The number of carbonyl (C=O) groups excluding carboxylic acids is 1. The van der Waals surface area contributed by atoms with Crippen LogP contribution in [0.4, 0.5) is 37.2 Å². The molecule has 16 heteroatoms. The second kappa shape index (κ2) is 12.2. The van der Waals surface area contributed by atoms with Crippen LogP contribution in [0.25, 0.3) is 10.2 Å². The summed E-state index contributed by atoms with van der Waals surface area (Å²) in [6, 6.07) is 7.98. The summed E-state index contributed by atoms with van der Waals surface area (Å²) in [6.07, 6.45) is -1.94. The Hall–Kier alpha value is -2.95. The molecule has 0 bridgehead atoms. The van der Waals surface area contributed by atoms with Gasteiger partial charge in [0.05, 0.1) is 26.8 Å². The average molecular weight is 651 g/mol. The Morgan fingerprint density at radius 2 is 1.60 bits per heavy atom. The third kappa shape index (κ3) is 7.07. The molecule has 2 heterocycles. The Morgan fingerprint density at radius 3 is 2.19 bits per heavy atom. The smallest absolute Gasteiger partial charge is 0.382 e. The van der Waals surface area contributed by atoms with Crippen LogP contribution in [-0.2, 0) is 25.5 Å². The van der Waals surface area contributed by atoms with Crippen LogP contribution in [0, 0.1) is 0 Å². The van der Waals surface area contributed by atoms with Gasteiger partial charge in [-0.2, -0.15) is 26.3 Å². The molecule has 1 atom stereocenters. The van der Waals surface area contributed by atoms with E-state index in [4.69, 9.17) is 4.74 Å². The molecular formula is C27H28F6N4O4S2. The highest BCUT2D eigenvalue weighted by molar-refractivity contribution is 7.92. The number of nitrogens with one attached hydrogen (secondary N) is 1. The number of fused-ring (bicyclic) bond motifs is 1. The van der Waals surface area contributed by atoms with Crippen LogP contribution in [0.2, 0.25) is 0 Å². The van der Waals surface area contributed by atoms with E-state index in [1.807, 2.05) is 9.80 Å². The maximum atomic E-state index is 13.1. The SMILES string of the molecule is O=CC(OC1CCC(Nc2ccc(S(=O)(=O)C(F)(F)F)cc2)CC1)N1CCN(c2nc3cc(C(F)(F)F)ccc3s2)CC1. The van der Waals surface area contributed by atoms with Gasteiger partial charge in [0.2, 0.25) is 0 Å². The first-order chi connectivity index (χ1) is 20.2. The Morgan fingerprint density at radius 1 is 0.953 bits per heavy atom. The van der Waals surface area contributed by atoms with Gasteiger partial charge in [0.1, 0.15) is 0 Å². The van der Waals surface area contributed by atoms with Gasteiger partial charge in [-0.15, -0.1) is 0 Å². The lowest BCUT2D eigenvalue weighted by Gasteiger charge is -2.39. The van der Waals surface area contributed by atoms with Crippen molar-refractivity contribution in [1.29, 1.82) is 0 Å². The number of hydrogen-bond donors (Lipinski definition) is 1. The van der Waals surface area contributed by atoms with Crippen molar-refractivity contribution in [3.8, 4) is 0 Å². The first-order valence-corrected chi connectivity index (χ1v) is 15.8. The quantitative estimate of drug-likeness (QED) is 0.246. The highest BCUT2D eigenvalue weighted by atomic mass is 32.2. The van der Waals surface area contributed by atoms with Crippen LogP contribution in [0.5, 0.6) is 0 Å². The summed E-state index contributed by atoms with van der Waals surface area (Å²) in [5.74, 6) is 0. The van der Waals surface area contributed by atoms with E-state index >= 15 is 0 Å². The second-order valence-electron chi connectivity index (χ2n) is 10.5. The van der Waals surface area contributed by atoms with Crippen LogP contribution in [-0.4, -0.2) is 74.6 Å². The molecule has 2 aromatic carbocycles. The molecule has 0 amide bonds. The molecule has 234 valence electrons. The van der Waals surface area contributed by atoms with Crippen LogP contribution in [0.3, 0.4) is 0 Å². The molecule has 1 aliphatic heterocycles. The van der Waals surface area contributed by atoms with E-state index in [0.29, 0.717) is 72.9 Å². The molecule has 43 heavy (non-hydrogen) atoms. The summed E-state index contributed by atoms with van der Waals surface area (Å²) in [5, 5.41) is 3.84. The number of rotatable bonds is 8. The molecule has 2 fully saturated rings. The lowest BCUT2D eigenvalue weighted by molar-refractivity contribution is -0.143. The van der Waals surface area contributed by atoms with Crippen molar-refractivity contribution >= 4 is 48.5 Å². The predicted octanol–water partition coefficient (Wildman–Crippen LogP) is 5.70. The van der Waals surface area contributed by atoms with E-state index in [9.17, 15) is 39.6 Å². The van der Waals surface area contributed by atoms with Gasteiger partial charge in [-0.05, 0) is 68.1 Å². The lowest BCUT2D eigenvalue weighted by atomic mass is 9.92. The number of alkyl halides is 6. The Labute approximate surface area is 247 Å². The summed E-state index contributed by atoms with van der Waals surface area (Å²) >= 11 is 1.32. The number of halogens is 6. The third-order valence-electron chi connectivity index (χ3n) is 7.61. The Kier molecular flexibility index (Phi) is 8.94. The first kappa shape index (κ1) is 31.5. The number of carbonyl (C=O) groups is 1. The Balaban J connectivity index is 1.09. The fraction of sp³-hybridized carbons (Fsp3) is 0.481. The average Bonchev–Trinajstić information content (AvgIpc) is 3.40. The monoisotopic (exact) mass is 650 g/mol. The van der Waals surface area contributed by atoms with Gasteiger partial charge < -0.3 is 15.0 Å². The number of piperazine rings is 1. The molecule has 5 rings (SSSR count). The summed E-state index contributed by atoms with van der Waals surface area (Å²) in [7, 11) is -5.40. The van der Waals surface area contributed by atoms with Gasteiger partial charge in [-0.3, -0.25) is 9.69 Å². The van der Waals surface area contributed by atoms with Gasteiger partial charge >= 0.3 is 11.7 Å². The van der Waals surface area contributed by atoms with Crippen molar-refractivity contribution in [2.75, 3.05) is 36.4 Å². The van der Waals surface area contributed by atoms with Crippen molar-refractivity contribution in [2.24, 2.45) is 0 Å². The molecule has 1 N–H and O–H groups in total. The van der Waals surface area contributed by atoms with Gasteiger partial charge in [-0.1, -0.05) is 11.3 Å². The number of aldehydes is 1. The van der Waals surface area contributed by atoms with Crippen LogP contribution < -0.4 is 10.2 Å². The highest BCUT2D eigenvalue weighted by Crippen LogP contribution is 2.36. The normalized spacial score (nSPS) is 21.6. The summed E-state index contributed by atoms with van der Waals surface area (Å²) in [6.45, 7) is 2.06. The number of sulfone groups is 1. The largest absolute Gasteiger partial charge is 0.501 e. The zero-order valence-electron chi connectivity index (χ0n) is 22.6. The summed E-state index contributed by atoms with van der Waals surface area (Å²) in [5.41, 5.74) is -5.31. The van der Waals surface area contributed by atoms with Crippen LogP contribution in [0.15, 0.2) is 47.4 Å². The van der Waals surface area contributed by atoms with Crippen molar-refractivity contribution in [2.45, 2.75) is 60.6 Å². The van der Waals surface area contributed by atoms with Gasteiger partial charge in [0, 0.05) is 37.9 Å². The van der Waals surface area contributed by atoms with E-state index in [0.717, 1.165) is 30.6 Å². The predicted molar refractivity (Wildman–Crippen MR) is 149 cm³/mol. The Bertz CT molecular complexity index is 1530. The minimum Gasteiger partial charge on any atom is -0.382 e. The molecule has 1 aliphatic carbocycles. The number of ether oxygens (including phenoxy) is 1. The maximum Gasteiger partial charge on any atom is 0.501 e. The van der Waals surface area contributed by atoms with Gasteiger partial charge in [0.15, 0.2) is 17.6 Å². The number of benzene rings is 2. The zero-order chi connectivity index (χ0) is 31.0. The number of hydrogen-bond acceptors (Lipinski definition) is 9. The summed E-state index contributed by atoms with van der Waals surface area (Å²) in [4.78, 5) is 19.4. The molecule has 2 aliphatic rings. The zero-order valence-corrected chi connectivity index (χ0v) is 24.2. The van der Waals surface area contributed by atoms with E-state index < -0.39 is 38.2 Å². The molecule has 0 spiro atoms. The standard InChI is InChI=1S/C27H28F6N4O4S2/c28-26(29,30)17-1-10-23-22(15-17)35-25(42-23)37-13-11-36(12-14-37)24(16-38)41-20-6-2-18(3-7-20)34-19-4-8-21(9-5-19)43(39,40)27(31,32)33/h1,4-5,8-10,15-16,18,20,24,34H,2-3,6-7,11-14H2. The van der Waals surface area contributed by atoms with E-state index in [2.05, 4.69) is 10.3 Å². The third-order valence-corrected chi connectivity index (χ3v) is 10.2. The number of aromatic nitrogens is 1. The molecule has 1 saturated carbocycles. The molecule has 0 radical (unpaired) electrons. The van der Waals surface area contributed by atoms with Crippen molar-refractivity contribution in [3.63, 3.8) is 0 Å². The fourth-order valence-corrected chi connectivity index (χ4v) is 7.00. The lowest BCUT2D eigenvalue weighted by Crippen LogP contribution is -2.52. The van der Waals surface area contributed by atoms with Crippen LogP contribution in [0.1, 0.15) is 31.2 Å². The van der Waals surface area contributed by atoms with Crippen molar-refractivity contribution in [1.82, 2.24) is 9.88 Å². The molecule has 1 aromatic heterocycles.